The van der Waals surface area contributed by atoms with Crippen molar-refractivity contribution < 1.29 is 9.53 Å². The number of carbonyl (C=O) groups excluding carboxylic acids is 1. The van der Waals surface area contributed by atoms with E-state index in [9.17, 15) is 4.79 Å². The Morgan fingerprint density at radius 1 is 1.43 bits per heavy atom. The maximum Gasteiger partial charge on any atom is 0.256 e. The molecule has 0 aliphatic carbocycles. The minimum absolute atomic E-state index is 0.104. The first-order chi connectivity index (χ1) is 10.2. The molecular weight excluding hydrogens is 264 g/mol. The summed E-state index contributed by atoms with van der Waals surface area (Å²) < 4.78 is 5.79. The van der Waals surface area contributed by atoms with Crippen molar-refractivity contribution in [3.63, 3.8) is 0 Å². The van der Waals surface area contributed by atoms with Crippen molar-refractivity contribution in [3.05, 3.63) is 35.4 Å². The highest BCUT2D eigenvalue weighted by Crippen LogP contribution is 2.30. The van der Waals surface area contributed by atoms with Crippen molar-refractivity contribution in [1.82, 2.24) is 4.90 Å². The Balaban J connectivity index is 1.77. The zero-order chi connectivity index (χ0) is 14.8. The van der Waals surface area contributed by atoms with Crippen molar-refractivity contribution in [2.75, 3.05) is 19.7 Å². The van der Waals surface area contributed by atoms with Gasteiger partial charge in [-0.1, -0.05) is 37.6 Å². The summed E-state index contributed by atoms with van der Waals surface area (Å²) in [4.78, 5) is 14.8. The van der Waals surface area contributed by atoms with Crippen LogP contribution in [0.25, 0.3) is 0 Å². The average Bonchev–Trinajstić information content (AvgIpc) is 2.54. The number of hydrogen-bond acceptors (Lipinski definition) is 3. The van der Waals surface area contributed by atoms with Crippen LogP contribution < -0.4 is 5.73 Å². The normalized spacial score (nSPS) is 29.0. The molecule has 2 N–H and O–H groups in total. The maximum absolute atomic E-state index is 12.8. The van der Waals surface area contributed by atoms with Crippen LogP contribution in [0.1, 0.15) is 37.0 Å². The highest BCUT2D eigenvalue weighted by atomic mass is 16.5. The molecule has 0 saturated carbocycles. The van der Waals surface area contributed by atoms with Gasteiger partial charge >= 0.3 is 0 Å². The van der Waals surface area contributed by atoms with E-state index < -0.39 is 6.10 Å². The van der Waals surface area contributed by atoms with Crippen LogP contribution in [-0.4, -0.2) is 36.5 Å². The fourth-order valence-electron chi connectivity index (χ4n) is 3.45. The monoisotopic (exact) mass is 288 g/mol. The zero-order valence-corrected chi connectivity index (χ0v) is 12.6. The molecule has 1 aromatic carbocycles. The molecule has 3 atom stereocenters. The number of nitrogens with zero attached hydrogens (tertiary/aromatic N) is 1. The summed E-state index contributed by atoms with van der Waals surface area (Å²) in [6.07, 6.45) is 2.37. The van der Waals surface area contributed by atoms with Crippen LogP contribution in [0.3, 0.4) is 0 Å². The molecule has 0 spiro atoms. The molecule has 1 fully saturated rings. The molecule has 4 heteroatoms. The Morgan fingerprint density at radius 3 is 3.05 bits per heavy atom. The third-order valence-corrected chi connectivity index (χ3v) is 4.85. The van der Waals surface area contributed by atoms with Gasteiger partial charge in [0, 0.05) is 19.1 Å². The van der Waals surface area contributed by atoms with Gasteiger partial charge in [-0.25, -0.2) is 0 Å². The Morgan fingerprint density at radius 2 is 2.24 bits per heavy atom. The zero-order valence-electron chi connectivity index (χ0n) is 12.6. The van der Waals surface area contributed by atoms with E-state index in [1.807, 2.05) is 23.1 Å². The highest BCUT2D eigenvalue weighted by Gasteiger charge is 2.34. The molecule has 1 saturated heterocycles. The minimum Gasteiger partial charge on any atom is -0.363 e. The van der Waals surface area contributed by atoms with Crippen LogP contribution >= 0.6 is 0 Å². The molecule has 4 nitrogen and oxygen atoms in total. The number of amides is 1. The van der Waals surface area contributed by atoms with E-state index in [1.54, 1.807) is 0 Å². The molecule has 1 amide bonds. The van der Waals surface area contributed by atoms with Crippen molar-refractivity contribution in [2.45, 2.75) is 38.3 Å². The van der Waals surface area contributed by atoms with Gasteiger partial charge in [-0.15, -0.1) is 0 Å². The molecule has 21 heavy (non-hydrogen) atoms. The third kappa shape index (κ3) is 2.83. The van der Waals surface area contributed by atoms with Crippen molar-refractivity contribution in [1.29, 1.82) is 0 Å². The molecule has 1 aromatic rings. The van der Waals surface area contributed by atoms with Gasteiger partial charge in [0.2, 0.25) is 0 Å². The van der Waals surface area contributed by atoms with E-state index in [1.165, 1.54) is 5.56 Å². The fraction of sp³-hybridized carbons (Fsp3) is 0.588. The van der Waals surface area contributed by atoms with Crippen LogP contribution in [0, 0.1) is 5.92 Å². The third-order valence-electron chi connectivity index (χ3n) is 4.85. The predicted octanol–water partition coefficient (Wildman–Crippen LogP) is 1.89. The van der Waals surface area contributed by atoms with E-state index in [-0.39, 0.29) is 11.9 Å². The first-order valence-corrected chi connectivity index (χ1v) is 7.94. The molecule has 3 rings (SSSR count). The standard InChI is InChI=1S/C17H24N2O2/c1-2-12-11-19(9-7-15(12)18)17(20)16-14-6-4-3-5-13(14)8-10-21-16/h3-6,12,15-16H,2,7-11,18H2,1H3. The lowest BCUT2D eigenvalue weighted by molar-refractivity contribution is -0.147. The lowest BCUT2D eigenvalue weighted by Crippen LogP contribution is -2.50. The number of nitrogens with two attached hydrogens (primary N) is 1. The largest absolute Gasteiger partial charge is 0.363 e. The Kier molecular flexibility index (Phi) is 4.27. The molecule has 0 radical (unpaired) electrons. The van der Waals surface area contributed by atoms with E-state index in [0.29, 0.717) is 12.5 Å². The van der Waals surface area contributed by atoms with Crippen molar-refractivity contribution in [3.8, 4) is 0 Å². The topological polar surface area (TPSA) is 55.6 Å². The summed E-state index contributed by atoms with van der Waals surface area (Å²) in [6, 6.07) is 8.34. The molecule has 2 aliphatic heterocycles. The SMILES string of the molecule is CCC1CN(C(=O)C2OCCc3ccccc32)CCC1N. The first kappa shape index (κ1) is 14.5. The lowest BCUT2D eigenvalue weighted by atomic mass is 9.89. The van der Waals surface area contributed by atoms with E-state index in [0.717, 1.165) is 37.9 Å². The Labute approximate surface area is 126 Å². The molecule has 114 valence electrons. The van der Waals surface area contributed by atoms with E-state index in [2.05, 4.69) is 13.0 Å². The minimum atomic E-state index is -0.429. The van der Waals surface area contributed by atoms with Crippen molar-refractivity contribution >= 4 is 5.91 Å². The lowest BCUT2D eigenvalue weighted by Gasteiger charge is -2.39. The summed E-state index contributed by atoms with van der Waals surface area (Å²) in [6.45, 7) is 4.28. The van der Waals surface area contributed by atoms with Crippen LogP contribution in [-0.2, 0) is 16.0 Å². The summed E-state index contributed by atoms with van der Waals surface area (Å²) >= 11 is 0. The molecule has 2 aliphatic rings. The molecular formula is C17H24N2O2. The van der Waals surface area contributed by atoms with E-state index in [4.69, 9.17) is 10.5 Å². The van der Waals surface area contributed by atoms with Crippen molar-refractivity contribution in [2.24, 2.45) is 11.7 Å². The molecule has 3 unspecified atom stereocenters. The number of ether oxygens (including phenoxy) is 1. The van der Waals surface area contributed by atoms with Gasteiger partial charge in [0.05, 0.1) is 6.61 Å². The number of hydrogen-bond donors (Lipinski definition) is 1. The fourth-order valence-corrected chi connectivity index (χ4v) is 3.45. The quantitative estimate of drug-likeness (QED) is 0.904. The second-order valence-corrected chi connectivity index (χ2v) is 6.10. The number of benzene rings is 1. The first-order valence-electron chi connectivity index (χ1n) is 7.94. The number of carbonyl (C=O) groups is 1. The summed E-state index contributed by atoms with van der Waals surface area (Å²) in [5.41, 5.74) is 8.42. The highest BCUT2D eigenvalue weighted by molar-refractivity contribution is 5.83. The molecule has 0 aromatic heterocycles. The van der Waals surface area contributed by atoms with Gasteiger partial charge in [-0.2, -0.15) is 0 Å². The smallest absolute Gasteiger partial charge is 0.256 e. The van der Waals surface area contributed by atoms with Gasteiger partial charge in [0.1, 0.15) is 0 Å². The van der Waals surface area contributed by atoms with Gasteiger partial charge in [-0.3, -0.25) is 4.79 Å². The van der Waals surface area contributed by atoms with Gasteiger partial charge in [-0.05, 0) is 29.9 Å². The number of rotatable bonds is 2. The second-order valence-electron chi connectivity index (χ2n) is 6.10. The van der Waals surface area contributed by atoms with E-state index >= 15 is 0 Å². The number of fused-ring (bicyclic) bond motifs is 1. The van der Waals surface area contributed by atoms with Crippen LogP contribution in [0.2, 0.25) is 0 Å². The van der Waals surface area contributed by atoms with Crippen LogP contribution in [0.5, 0.6) is 0 Å². The average molecular weight is 288 g/mol. The van der Waals surface area contributed by atoms with Crippen LogP contribution in [0.4, 0.5) is 0 Å². The summed E-state index contributed by atoms with van der Waals surface area (Å²) in [5.74, 6) is 0.508. The summed E-state index contributed by atoms with van der Waals surface area (Å²) in [5, 5.41) is 0. The molecule has 2 heterocycles. The Hall–Kier alpha value is -1.39. The van der Waals surface area contributed by atoms with Gasteiger partial charge < -0.3 is 15.4 Å². The van der Waals surface area contributed by atoms with Gasteiger partial charge in [0.15, 0.2) is 6.10 Å². The Bertz CT molecular complexity index is 517. The van der Waals surface area contributed by atoms with Crippen LogP contribution in [0.15, 0.2) is 24.3 Å². The number of piperidine rings is 1. The van der Waals surface area contributed by atoms with Gasteiger partial charge in [0.25, 0.3) is 5.91 Å². The second kappa shape index (κ2) is 6.16. The molecule has 0 bridgehead atoms. The number of likely N-dealkylation sites (tertiary alicyclic amines) is 1. The summed E-state index contributed by atoms with van der Waals surface area (Å²) in [7, 11) is 0. The predicted molar refractivity (Wildman–Crippen MR) is 81.8 cm³/mol. The maximum atomic E-state index is 12.8.